The fraction of sp³-hybridized carbons (Fsp3) is 0.400. The zero-order chi connectivity index (χ0) is 20.6. The van der Waals surface area contributed by atoms with Gasteiger partial charge in [0.05, 0.1) is 26.0 Å². The first-order valence-corrected chi connectivity index (χ1v) is 11.7. The number of nitrogens with one attached hydrogen (secondary N) is 1. The largest absolute Gasteiger partial charge is 0.481 e. The van der Waals surface area contributed by atoms with E-state index >= 15 is 0 Å². The van der Waals surface area contributed by atoms with Crippen LogP contribution in [-0.4, -0.2) is 64.6 Å². The van der Waals surface area contributed by atoms with Crippen molar-refractivity contribution in [3.8, 4) is 17.1 Å². The molecular weight excluding hydrogens is 390 g/mol. The van der Waals surface area contributed by atoms with Crippen LogP contribution < -0.4 is 9.64 Å². The molecule has 1 aliphatic heterocycles. The molecule has 1 aliphatic rings. The molecule has 0 aromatic carbocycles. The standard InChI is InChI=1S/C20H25N5O3S/c1-13-12-28-8-7-25(13)14-9-17(22-18(10-14)24-29(3,4)26)16-11-19(27-2)23-20-15(16)5-6-21-20/h5-6,9-11,13H,7-8,12H2,1-4H3,(H,21,23)/t13-/m1/s1. The van der Waals surface area contributed by atoms with Crippen LogP contribution in [0, 0.1) is 0 Å². The zero-order valence-electron chi connectivity index (χ0n) is 17.0. The molecule has 0 saturated carbocycles. The van der Waals surface area contributed by atoms with E-state index in [-0.39, 0.29) is 6.04 Å². The quantitative estimate of drug-likeness (QED) is 0.703. The molecule has 3 aromatic heterocycles. The van der Waals surface area contributed by atoms with Crippen molar-refractivity contribution in [2.24, 2.45) is 4.36 Å². The van der Waals surface area contributed by atoms with Gasteiger partial charge >= 0.3 is 0 Å². The van der Waals surface area contributed by atoms with Gasteiger partial charge in [0.25, 0.3) is 0 Å². The van der Waals surface area contributed by atoms with Crippen LogP contribution in [0.4, 0.5) is 11.5 Å². The molecule has 0 radical (unpaired) electrons. The molecule has 0 aliphatic carbocycles. The van der Waals surface area contributed by atoms with E-state index in [1.165, 1.54) is 0 Å². The summed E-state index contributed by atoms with van der Waals surface area (Å²) in [5.41, 5.74) is 3.31. The molecule has 0 spiro atoms. The normalized spacial score (nSPS) is 17.5. The number of methoxy groups -OCH3 is 1. The maximum atomic E-state index is 12.4. The van der Waals surface area contributed by atoms with E-state index in [4.69, 9.17) is 14.5 Å². The van der Waals surface area contributed by atoms with Gasteiger partial charge in [-0.2, -0.15) is 9.35 Å². The number of morpholine rings is 1. The fourth-order valence-corrected chi connectivity index (χ4v) is 4.06. The Kier molecular flexibility index (Phi) is 5.18. The highest BCUT2D eigenvalue weighted by atomic mass is 32.2. The van der Waals surface area contributed by atoms with Crippen LogP contribution in [0.5, 0.6) is 5.88 Å². The summed E-state index contributed by atoms with van der Waals surface area (Å²) in [5, 5.41) is 0.935. The van der Waals surface area contributed by atoms with Crippen LogP contribution >= 0.6 is 0 Å². The van der Waals surface area contributed by atoms with Crippen molar-refractivity contribution in [1.29, 1.82) is 0 Å². The molecule has 29 heavy (non-hydrogen) atoms. The molecule has 8 nitrogen and oxygen atoms in total. The number of aromatic amines is 1. The number of hydrogen-bond acceptors (Lipinski definition) is 7. The van der Waals surface area contributed by atoms with Crippen LogP contribution in [0.25, 0.3) is 22.3 Å². The Morgan fingerprint density at radius 2 is 2.14 bits per heavy atom. The van der Waals surface area contributed by atoms with E-state index in [9.17, 15) is 4.21 Å². The van der Waals surface area contributed by atoms with Gasteiger partial charge in [0.2, 0.25) is 5.88 Å². The number of ether oxygens (including phenoxy) is 2. The van der Waals surface area contributed by atoms with E-state index in [0.717, 1.165) is 34.5 Å². The van der Waals surface area contributed by atoms with Gasteiger partial charge in [-0.3, -0.25) is 0 Å². The van der Waals surface area contributed by atoms with Gasteiger partial charge < -0.3 is 19.4 Å². The first-order chi connectivity index (χ1) is 13.8. The molecule has 1 fully saturated rings. The maximum Gasteiger partial charge on any atom is 0.215 e. The van der Waals surface area contributed by atoms with Gasteiger partial charge in [0.15, 0.2) is 5.82 Å². The highest BCUT2D eigenvalue weighted by Gasteiger charge is 2.21. The summed E-state index contributed by atoms with van der Waals surface area (Å²) in [6, 6.07) is 7.98. The van der Waals surface area contributed by atoms with Gasteiger partial charge in [0, 0.05) is 69.8 Å². The lowest BCUT2D eigenvalue weighted by atomic mass is 10.1. The molecule has 3 aromatic rings. The third-order valence-electron chi connectivity index (χ3n) is 4.80. The third-order valence-corrected chi connectivity index (χ3v) is 5.43. The summed E-state index contributed by atoms with van der Waals surface area (Å²) in [4.78, 5) is 14.6. The van der Waals surface area contributed by atoms with Crippen molar-refractivity contribution in [3.63, 3.8) is 0 Å². The number of nitrogens with zero attached hydrogens (tertiary/aromatic N) is 4. The predicted molar refractivity (Wildman–Crippen MR) is 116 cm³/mol. The second kappa shape index (κ2) is 7.64. The summed E-state index contributed by atoms with van der Waals surface area (Å²) in [6.07, 6.45) is 5.06. The summed E-state index contributed by atoms with van der Waals surface area (Å²) in [7, 11) is -0.768. The van der Waals surface area contributed by atoms with Crippen molar-refractivity contribution in [2.75, 3.05) is 44.3 Å². The van der Waals surface area contributed by atoms with Crippen molar-refractivity contribution >= 4 is 32.3 Å². The smallest absolute Gasteiger partial charge is 0.215 e. The number of rotatable bonds is 4. The summed E-state index contributed by atoms with van der Waals surface area (Å²) in [6.45, 7) is 4.22. The van der Waals surface area contributed by atoms with Gasteiger partial charge in [-0.1, -0.05) is 0 Å². The molecule has 0 amide bonds. The minimum absolute atomic E-state index is 0.221. The van der Waals surface area contributed by atoms with E-state index in [2.05, 4.69) is 26.2 Å². The Balaban J connectivity index is 1.93. The number of fused-ring (bicyclic) bond motifs is 1. The van der Waals surface area contributed by atoms with Gasteiger partial charge in [-0.15, -0.1) is 0 Å². The number of pyridine rings is 2. The third kappa shape index (κ3) is 4.20. The minimum atomic E-state index is -2.36. The minimum Gasteiger partial charge on any atom is -0.481 e. The highest BCUT2D eigenvalue weighted by Crippen LogP contribution is 2.34. The molecular formula is C20H25N5O3S. The molecule has 0 bridgehead atoms. The lowest BCUT2D eigenvalue weighted by Gasteiger charge is -2.35. The highest BCUT2D eigenvalue weighted by molar-refractivity contribution is 7.92. The number of hydrogen-bond donors (Lipinski definition) is 1. The Bertz CT molecular complexity index is 1160. The summed E-state index contributed by atoms with van der Waals surface area (Å²) < 4.78 is 27.7. The van der Waals surface area contributed by atoms with E-state index in [0.29, 0.717) is 24.9 Å². The lowest BCUT2D eigenvalue weighted by molar-refractivity contribution is 0.0989. The molecule has 154 valence electrons. The molecule has 0 unspecified atom stereocenters. The molecule has 4 heterocycles. The van der Waals surface area contributed by atoms with Crippen LogP contribution in [0.1, 0.15) is 6.92 Å². The lowest BCUT2D eigenvalue weighted by Crippen LogP contribution is -2.43. The average Bonchev–Trinajstić information content (AvgIpc) is 3.14. The molecule has 9 heteroatoms. The van der Waals surface area contributed by atoms with E-state index < -0.39 is 9.73 Å². The Labute approximate surface area is 170 Å². The summed E-state index contributed by atoms with van der Waals surface area (Å²) in [5.74, 6) is 0.945. The van der Waals surface area contributed by atoms with Gasteiger partial charge in [0.1, 0.15) is 5.65 Å². The second-order valence-electron chi connectivity index (χ2n) is 7.41. The fourth-order valence-electron chi connectivity index (χ4n) is 3.52. The first kappa shape index (κ1) is 19.7. The Morgan fingerprint density at radius 3 is 2.86 bits per heavy atom. The maximum absolute atomic E-state index is 12.4. The van der Waals surface area contributed by atoms with E-state index in [1.54, 1.807) is 19.6 Å². The van der Waals surface area contributed by atoms with Crippen molar-refractivity contribution in [3.05, 3.63) is 30.5 Å². The molecule has 1 atom stereocenters. The SMILES string of the molecule is COc1cc(-c2cc(N3CCOC[C@H]3C)cc(N=S(C)(C)=O)n2)c2cc[nH]c2n1. The van der Waals surface area contributed by atoms with Crippen LogP contribution in [0.3, 0.4) is 0 Å². The molecule has 1 saturated heterocycles. The van der Waals surface area contributed by atoms with Gasteiger partial charge in [-0.25, -0.2) is 9.19 Å². The predicted octanol–water partition coefficient (Wildman–Crippen LogP) is 3.22. The average molecular weight is 416 g/mol. The number of anilines is 1. The number of H-pyrrole nitrogens is 1. The van der Waals surface area contributed by atoms with Crippen LogP contribution in [-0.2, 0) is 14.5 Å². The topological polar surface area (TPSA) is 92.7 Å². The monoisotopic (exact) mass is 415 g/mol. The molecule has 4 rings (SSSR count). The van der Waals surface area contributed by atoms with Gasteiger partial charge in [-0.05, 0) is 19.1 Å². The van der Waals surface area contributed by atoms with Crippen molar-refractivity contribution < 1.29 is 13.7 Å². The zero-order valence-corrected chi connectivity index (χ0v) is 17.8. The first-order valence-electron chi connectivity index (χ1n) is 9.40. The summed E-state index contributed by atoms with van der Waals surface area (Å²) >= 11 is 0. The van der Waals surface area contributed by atoms with Crippen molar-refractivity contribution in [1.82, 2.24) is 15.0 Å². The van der Waals surface area contributed by atoms with E-state index in [1.807, 2.05) is 30.5 Å². The van der Waals surface area contributed by atoms with Crippen molar-refractivity contribution in [2.45, 2.75) is 13.0 Å². The van der Waals surface area contributed by atoms with Crippen LogP contribution in [0.15, 0.2) is 34.8 Å². The van der Waals surface area contributed by atoms with Crippen LogP contribution in [0.2, 0.25) is 0 Å². The second-order valence-corrected chi connectivity index (χ2v) is 9.96. The Morgan fingerprint density at radius 1 is 1.31 bits per heavy atom. The number of aromatic nitrogens is 3. The molecule has 1 N–H and O–H groups in total. The Hall–Kier alpha value is -2.65.